The predicted octanol–water partition coefficient (Wildman–Crippen LogP) is 8.10. The molecule has 0 aliphatic heterocycles. The largest absolute Gasteiger partial charge is 0.493 e. The summed E-state index contributed by atoms with van der Waals surface area (Å²) in [5.41, 5.74) is 2.62. The van der Waals surface area contributed by atoms with E-state index in [0.29, 0.717) is 52.5 Å². The maximum absolute atomic E-state index is 12.7. The van der Waals surface area contributed by atoms with Crippen molar-refractivity contribution < 1.29 is 23.7 Å². The third kappa shape index (κ3) is 7.97. The molecule has 214 valence electrons. The molecule has 7 nitrogen and oxygen atoms in total. The molecule has 0 aliphatic rings. The number of halogens is 2. The molecular weight excluding hydrogens is 575 g/mol. The van der Waals surface area contributed by atoms with Gasteiger partial charge in [0, 0.05) is 0 Å². The van der Waals surface area contributed by atoms with E-state index in [2.05, 4.69) is 5.32 Å². The monoisotopic (exact) mass is 602 g/mol. The van der Waals surface area contributed by atoms with Gasteiger partial charge in [0.1, 0.15) is 24.9 Å². The number of anilines is 1. The molecular formula is C33H28Cl2N2O5. The van der Waals surface area contributed by atoms with E-state index >= 15 is 0 Å². The summed E-state index contributed by atoms with van der Waals surface area (Å²) in [7, 11) is 1.58. The molecule has 0 unspecified atom stereocenters. The van der Waals surface area contributed by atoms with Gasteiger partial charge < -0.3 is 24.3 Å². The molecule has 0 saturated carbocycles. The minimum atomic E-state index is -0.606. The van der Waals surface area contributed by atoms with Crippen molar-refractivity contribution in [3.8, 4) is 29.1 Å². The second kappa shape index (κ2) is 14.8. The minimum absolute atomic E-state index is 0.135. The highest BCUT2D eigenvalue weighted by Crippen LogP contribution is 2.38. The molecule has 0 heterocycles. The van der Waals surface area contributed by atoms with Gasteiger partial charge in [-0.15, -0.1) is 0 Å². The van der Waals surface area contributed by atoms with Gasteiger partial charge in [-0.1, -0.05) is 71.7 Å². The lowest BCUT2D eigenvalue weighted by Crippen LogP contribution is -2.13. The first-order chi connectivity index (χ1) is 20.4. The van der Waals surface area contributed by atoms with Crippen molar-refractivity contribution >= 4 is 40.9 Å². The zero-order valence-corrected chi connectivity index (χ0v) is 24.5. The summed E-state index contributed by atoms with van der Waals surface area (Å²) in [4.78, 5) is 12.7. The summed E-state index contributed by atoms with van der Waals surface area (Å²) in [6, 6.07) is 27.4. The number of carbonyl (C=O) groups excluding carboxylic acids is 1. The van der Waals surface area contributed by atoms with Crippen LogP contribution in [0.3, 0.4) is 0 Å². The predicted molar refractivity (Wildman–Crippen MR) is 164 cm³/mol. The maximum Gasteiger partial charge on any atom is 0.266 e. The Balaban J connectivity index is 1.50. The van der Waals surface area contributed by atoms with E-state index in [1.54, 1.807) is 43.5 Å². The van der Waals surface area contributed by atoms with Crippen LogP contribution in [0.2, 0.25) is 10.0 Å². The van der Waals surface area contributed by atoms with Gasteiger partial charge in [-0.3, -0.25) is 4.79 Å². The lowest BCUT2D eigenvalue weighted by molar-refractivity contribution is -0.112. The van der Waals surface area contributed by atoms with Crippen molar-refractivity contribution in [2.45, 2.75) is 20.1 Å². The summed E-state index contributed by atoms with van der Waals surface area (Å²) < 4.78 is 23.3. The average molecular weight is 604 g/mol. The molecule has 1 amide bonds. The topological polar surface area (TPSA) is 89.8 Å². The van der Waals surface area contributed by atoms with Crippen LogP contribution in [0.1, 0.15) is 23.6 Å². The normalized spacial score (nSPS) is 10.9. The van der Waals surface area contributed by atoms with Gasteiger partial charge >= 0.3 is 0 Å². The Morgan fingerprint density at radius 1 is 0.833 bits per heavy atom. The number of hydrogen-bond donors (Lipinski definition) is 1. The second-order valence-corrected chi connectivity index (χ2v) is 9.73. The summed E-state index contributed by atoms with van der Waals surface area (Å²) in [6.45, 7) is 2.76. The van der Waals surface area contributed by atoms with Crippen LogP contribution >= 0.6 is 23.2 Å². The van der Waals surface area contributed by atoms with Gasteiger partial charge in [0.15, 0.2) is 23.0 Å². The lowest BCUT2D eigenvalue weighted by atomic mass is 10.1. The minimum Gasteiger partial charge on any atom is -0.493 e. The van der Waals surface area contributed by atoms with Crippen molar-refractivity contribution in [2.75, 3.05) is 19.0 Å². The summed E-state index contributed by atoms with van der Waals surface area (Å²) >= 11 is 12.7. The Bertz CT molecular complexity index is 1620. The van der Waals surface area contributed by atoms with Gasteiger partial charge in [0.05, 0.1) is 29.4 Å². The van der Waals surface area contributed by atoms with E-state index in [0.717, 1.165) is 11.1 Å². The van der Waals surface area contributed by atoms with Crippen LogP contribution in [0.25, 0.3) is 6.08 Å². The molecule has 42 heavy (non-hydrogen) atoms. The first-order valence-corrected chi connectivity index (χ1v) is 13.8. The van der Waals surface area contributed by atoms with E-state index < -0.39 is 5.91 Å². The average Bonchev–Trinajstić information content (AvgIpc) is 3.00. The molecule has 4 aromatic carbocycles. The van der Waals surface area contributed by atoms with Crippen LogP contribution < -0.4 is 24.3 Å². The van der Waals surface area contributed by atoms with E-state index in [9.17, 15) is 10.1 Å². The zero-order chi connectivity index (χ0) is 29.9. The van der Waals surface area contributed by atoms with Crippen LogP contribution in [-0.4, -0.2) is 19.6 Å². The quantitative estimate of drug-likeness (QED) is 0.130. The fourth-order valence-electron chi connectivity index (χ4n) is 3.95. The highest BCUT2D eigenvalue weighted by molar-refractivity contribution is 6.34. The fraction of sp³-hybridized carbons (Fsp3) is 0.152. The zero-order valence-electron chi connectivity index (χ0n) is 23.0. The molecule has 0 fully saturated rings. The number of benzene rings is 4. The Hall–Kier alpha value is -4.64. The molecule has 0 atom stereocenters. The number of carbonyl (C=O) groups is 1. The van der Waals surface area contributed by atoms with E-state index in [4.69, 9.17) is 42.1 Å². The van der Waals surface area contributed by atoms with E-state index in [-0.39, 0.29) is 17.2 Å². The molecule has 9 heteroatoms. The van der Waals surface area contributed by atoms with E-state index in [1.807, 2.05) is 61.5 Å². The number of nitrogens with one attached hydrogen (secondary N) is 1. The molecule has 0 aromatic heterocycles. The van der Waals surface area contributed by atoms with Crippen molar-refractivity contribution in [1.29, 1.82) is 5.26 Å². The van der Waals surface area contributed by atoms with Crippen LogP contribution in [0.4, 0.5) is 5.69 Å². The van der Waals surface area contributed by atoms with Crippen LogP contribution in [0.15, 0.2) is 90.5 Å². The Kier molecular flexibility index (Phi) is 10.7. The lowest BCUT2D eigenvalue weighted by Gasteiger charge is -2.16. The summed E-state index contributed by atoms with van der Waals surface area (Å²) in [5.74, 6) is 1.28. The molecule has 0 saturated heterocycles. The summed E-state index contributed by atoms with van der Waals surface area (Å²) in [6.07, 6.45) is 1.42. The Morgan fingerprint density at radius 3 is 2.29 bits per heavy atom. The SMILES string of the molecule is CCOc1cc(/C=C(\C#N)C(=O)Nc2ccccc2Cl)cc(Cl)c1OCc1ccc(OCc2ccccc2)c(OC)c1. The molecule has 1 N–H and O–H groups in total. The van der Waals surface area contributed by atoms with Gasteiger partial charge in [0.25, 0.3) is 5.91 Å². The maximum atomic E-state index is 12.7. The van der Waals surface area contributed by atoms with Crippen molar-refractivity contribution in [2.24, 2.45) is 0 Å². The van der Waals surface area contributed by atoms with Crippen LogP contribution in [0.5, 0.6) is 23.0 Å². The van der Waals surface area contributed by atoms with Gasteiger partial charge in [-0.2, -0.15) is 5.26 Å². The standard InChI is InChI=1S/C33H28Cl2N2O5/c1-3-40-31-18-24(15-25(19-36)33(38)37-28-12-8-7-11-26(28)34)16-27(35)32(31)42-21-23-13-14-29(30(17-23)39-2)41-20-22-9-5-4-6-10-22/h4-18H,3,20-21H2,1-2H3,(H,37,38)/b25-15+. The van der Waals surface area contributed by atoms with Crippen molar-refractivity contribution in [1.82, 2.24) is 0 Å². The number of ether oxygens (including phenoxy) is 4. The number of hydrogen-bond acceptors (Lipinski definition) is 6. The Labute approximate surface area is 254 Å². The number of nitriles is 1. The van der Waals surface area contributed by atoms with Crippen molar-refractivity contribution in [3.63, 3.8) is 0 Å². The molecule has 0 spiro atoms. The molecule has 0 radical (unpaired) electrons. The third-order valence-electron chi connectivity index (χ3n) is 5.98. The fourth-order valence-corrected chi connectivity index (χ4v) is 4.41. The first kappa shape index (κ1) is 30.3. The summed E-state index contributed by atoms with van der Waals surface area (Å²) in [5, 5.41) is 12.9. The van der Waals surface area contributed by atoms with Gasteiger partial charge in [-0.05, 0) is 66.1 Å². The number of nitrogens with zero attached hydrogens (tertiary/aromatic N) is 1. The first-order valence-electron chi connectivity index (χ1n) is 13.0. The van der Waals surface area contributed by atoms with Crippen molar-refractivity contribution in [3.05, 3.63) is 117 Å². The Morgan fingerprint density at radius 2 is 1.57 bits per heavy atom. The number of para-hydroxylation sites is 1. The third-order valence-corrected chi connectivity index (χ3v) is 6.59. The number of methoxy groups -OCH3 is 1. The van der Waals surface area contributed by atoms with Gasteiger partial charge in [-0.25, -0.2) is 0 Å². The smallest absolute Gasteiger partial charge is 0.266 e. The van der Waals surface area contributed by atoms with E-state index in [1.165, 1.54) is 6.08 Å². The highest BCUT2D eigenvalue weighted by Gasteiger charge is 2.16. The highest BCUT2D eigenvalue weighted by atomic mass is 35.5. The number of amides is 1. The molecule has 4 rings (SSSR count). The van der Waals surface area contributed by atoms with Crippen LogP contribution in [0, 0.1) is 11.3 Å². The second-order valence-electron chi connectivity index (χ2n) is 8.91. The molecule has 4 aromatic rings. The molecule has 0 bridgehead atoms. The molecule has 0 aliphatic carbocycles. The number of rotatable bonds is 12. The van der Waals surface area contributed by atoms with Crippen LogP contribution in [-0.2, 0) is 18.0 Å². The van der Waals surface area contributed by atoms with Gasteiger partial charge in [0.2, 0.25) is 0 Å².